The van der Waals surface area contributed by atoms with Crippen LogP contribution in [-0.4, -0.2) is 102 Å². The molecule has 0 aliphatic heterocycles. The van der Waals surface area contributed by atoms with Crippen LogP contribution in [0.3, 0.4) is 0 Å². The lowest BCUT2D eigenvalue weighted by Crippen LogP contribution is -2.17. The normalized spacial score (nSPS) is 10.5. The number of esters is 1. The van der Waals surface area contributed by atoms with E-state index in [4.69, 9.17) is 38.3 Å². The summed E-state index contributed by atoms with van der Waals surface area (Å²) in [5.74, 6) is -3.22. The molecule has 0 spiro atoms. The van der Waals surface area contributed by atoms with Crippen molar-refractivity contribution in [3.05, 3.63) is 12.8 Å². The van der Waals surface area contributed by atoms with Crippen LogP contribution in [0.25, 0.3) is 0 Å². The number of ether oxygens (including phenoxy) is 7. The van der Waals surface area contributed by atoms with Crippen molar-refractivity contribution in [2.24, 2.45) is 0 Å². The fourth-order valence-corrected chi connectivity index (χ4v) is 1.78. The number of aliphatic carboxylic acids is 1. The maximum Gasteiger partial charge on any atom is 0.372 e. The summed E-state index contributed by atoms with van der Waals surface area (Å²) in [6, 6.07) is 0. The Morgan fingerprint density at radius 2 is 1.03 bits per heavy atom. The average Bonchev–Trinajstić information content (AvgIpc) is 2.73. The highest BCUT2D eigenvalue weighted by atomic mass is 16.6. The molecule has 0 fully saturated rings. The van der Waals surface area contributed by atoms with Gasteiger partial charge in [0.15, 0.2) is 0 Å². The Balaban J connectivity index is 3.17. The van der Waals surface area contributed by atoms with Crippen LogP contribution in [0.2, 0.25) is 0 Å². The van der Waals surface area contributed by atoms with Crippen molar-refractivity contribution in [2.45, 2.75) is 12.8 Å². The van der Waals surface area contributed by atoms with Crippen LogP contribution in [0.4, 0.5) is 0 Å². The minimum Gasteiger partial charge on any atom is -0.499 e. The smallest absolute Gasteiger partial charge is 0.372 e. The quantitative estimate of drug-likeness (QED) is 0.102. The van der Waals surface area contributed by atoms with Crippen LogP contribution in [0.5, 0.6) is 0 Å². The molecule has 0 saturated carbocycles. The zero-order valence-corrected chi connectivity index (χ0v) is 17.2. The largest absolute Gasteiger partial charge is 0.499 e. The summed E-state index contributed by atoms with van der Waals surface area (Å²) < 4.78 is 36.1. The van der Waals surface area contributed by atoms with Crippen molar-refractivity contribution >= 4 is 17.7 Å². The van der Waals surface area contributed by atoms with Crippen LogP contribution in [0, 0.1) is 0 Å². The van der Waals surface area contributed by atoms with E-state index in [1.807, 2.05) is 0 Å². The molecule has 11 heteroatoms. The number of ketones is 1. The first-order chi connectivity index (χ1) is 14.6. The van der Waals surface area contributed by atoms with Crippen LogP contribution in [-0.2, 0) is 47.5 Å². The van der Waals surface area contributed by atoms with Gasteiger partial charge in [-0.25, -0.2) is 4.79 Å². The molecule has 0 amide bonds. The summed E-state index contributed by atoms with van der Waals surface area (Å²) in [5.41, 5.74) is 0. The van der Waals surface area contributed by atoms with E-state index in [0.717, 1.165) is 0 Å². The summed E-state index contributed by atoms with van der Waals surface area (Å²) in [6.07, 6.45) is 0.728. The van der Waals surface area contributed by atoms with Crippen LogP contribution in [0.1, 0.15) is 12.8 Å². The molecule has 30 heavy (non-hydrogen) atoms. The van der Waals surface area contributed by atoms with Crippen molar-refractivity contribution < 1.29 is 52.6 Å². The number of hydrogen-bond donors (Lipinski definition) is 1. The third-order valence-corrected chi connectivity index (χ3v) is 3.24. The number of carboxylic acids is 1. The summed E-state index contributed by atoms with van der Waals surface area (Å²) in [7, 11) is 0. The summed E-state index contributed by atoms with van der Waals surface area (Å²) in [4.78, 5) is 32.4. The summed E-state index contributed by atoms with van der Waals surface area (Å²) in [6.45, 7) is 8.07. The fourth-order valence-electron chi connectivity index (χ4n) is 1.78. The number of Topliss-reactive ketones (excluding diaryl/α,β-unsaturated/α-hetero) is 1. The molecule has 0 aliphatic rings. The lowest BCUT2D eigenvalue weighted by Gasteiger charge is -2.08. The topological polar surface area (TPSA) is 136 Å². The Hall–Kier alpha value is -2.05. The highest BCUT2D eigenvalue weighted by Gasteiger charge is 2.14. The first-order valence-electron chi connectivity index (χ1n) is 9.61. The molecule has 0 aromatic carbocycles. The lowest BCUT2D eigenvalue weighted by molar-refractivity contribution is -0.151. The molecule has 0 bridgehead atoms. The highest BCUT2D eigenvalue weighted by Crippen LogP contribution is 1.95. The zero-order valence-electron chi connectivity index (χ0n) is 17.2. The van der Waals surface area contributed by atoms with Gasteiger partial charge in [-0.1, -0.05) is 6.58 Å². The first kappa shape index (κ1) is 27.9. The van der Waals surface area contributed by atoms with E-state index in [2.05, 4.69) is 6.58 Å². The minimum absolute atomic E-state index is 0.0247. The number of carboxylic acid groups (broad SMARTS) is 1. The molecule has 0 aromatic rings. The van der Waals surface area contributed by atoms with Gasteiger partial charge in [-0.05, 0) is 0 Å². The number of carbonyl (C=O) groups excluding carboxylic acids is 2. The SMILES string of the molecule is C=COCCOCCOCCOCCOCCOCCOC(=O)CCC(=O)C(=O)O. The fraction of sp³-hybridized carbons (Fsp3) is 0.737. The summed E-state index contributed by atoms with van der Waals surface area (Å²) in [5, 5.41) is 8.38. The van der Waals surface area contributed by atoms with Gasteiger partial charge in [0, 0.05) is 6.42 Å². The molecule has 0 atom stereocenters. The van der Waals surface area contributed by atoms with Gasteiger partial charge in [-0.2, -0.15) is 0 Å². The van der Waals surface area contributed by atoms with Gasteiger partial charge in [-0.3, -0.25) is 9.59 Å². The molecule has 0 unspecified atom stereocenters. The Bertz CT molecular complexity index is 467. The Labute approximate surface area is 176 Å². The van der Waals surface area contributed by atoms with E-state index < -0.39 is 17.7 Å². The third kappa shape index (κ3) is 20.7. The van der Waals surface area contributed by atoms with E-state index in [1.165, 1.54) is 6.26 Å². The molecule has 11 nitrogen and oxygen atoms in total. The van der Waals surface area contributed by atoms with Crippen molar-refractivity contribution in [3.63, 3.8) is 0 Å². The van der Waals surface area contributed by atoms with Crippen molar-refractivity contribution in [2.75, 3.05) is 79.3 Å². The van der Waals surface area contributed by atoms with Gasteiger partial charge in [0.05, 0.1) is 78.8 Å². The van der Waals surface area contributed by atoms with Crippen LogP contribution < -0.4 is 0 Å². The molecule has 1 N–H and O–H groups in total. The van der Waals surface area contributed by atoms with Gasteiger partial charge < -0.3 is 38.3 Å². The molecule has 0 radical (unpaired) electrons. The standard InChI is InChI=1S/C19H32O11/c1-2-24-5-6-25-7-8-26-9-10-27-11-12-28-13-14-29-15-16-30-18(21)4-3-17(20)19(22)23/h2H,1,3-16H2,(H,22,23). The zero-order chi connectivity index (χ0) is 22.3. The average molecular weight is 436 g/mol. The number of hydrogen-bond acceptors (Lipinski definition) is 10. The van der Waals surface area contributed by atoms with E-state index in [-0.39, 0.29) is 26.1 Å². The van der Waals surface area contributed by atoms with Crippen molar-refractivity contribution in [1.29, 1.82) is 0 Å². The summed E-state index contributed by atoms with van der Waals surface area (Å²) >= 11 is 0. The van der Waals surface area contributed by atoms with Crippen LogP contribution >= 0.6 is 0 Å². The predicted octanol–water partition coefficient (Wildman–Crippen LogP) is 0.207. The van der Waals surface area contributed by atoms with E-state index in [0.29, 0.717) is 66.1 Å². The Morgan fingerprint density at radius 1 is 0.633 bits per heavy atom. The molecular formula is C19H32O11. The first-order valence-corrected chi connectivity index (χ1v) is 9.61. The van der Waals surface area contributed by atoms with Crippen LogP contribution in [0.15, 0.2) is 12.8 Å². The van der Waals surface area contributed by atoms with Gasteiger partial charge >= 0.3 is 11.9 Å². The molecular weight excluding hydrogens is 404 g/mol. The van der Waals surface area contributed by atoms with Crippen molar-refractivity contribution in [1.82, 2.24) is 0 Å². The monoisotopic (exact) mass is 436 g/mol. The third-order valence-electron chi connectivity index (χ3n) is 3.24. The maximum absolute atomic E-state index is 11.3. The maximum atomic E-state index is 11.3. The second-order valence-electron chi connectivity index (χ2n) is 5.55. The molecule has 0 aliphatic carbocycles. The Morgan fingerprint density at radius 3 is 1.43 bits per heavy atom. The molecule has 0 aromatic heterocycles. The second-order valence-corrected chi connectivity index (χ2v) is 5.55. The van der Waals surface area contributed by atoms with Gasteiger partial charge in [0.25, 0.3) is 0 Å². The highest BCUT2D eigenvalue weighted by molar-refractivity contribution is 6.32. The minimum atomic E-state index is -1.56. The second kappa shape index (κ2) is 21.7. The predicted molar refractivity (Wildman–Crippen MR) is 103 cm³/mol. The molecule has 0 heterocycles. The van der Waals surface area contributed by atoms with E-state index in [9.17, 15) is 14.4 Å². The van der Waals surface area contributed by atoms with Gasteiger partial charge in [-0.15, -0.1) is 0 Å². The van der Waals surface area contributed by atoms with E-state index in [1.54, 1.807) is 0 Å². The number of carbonyl (C=O) groups is 3. The van der Waals surface area contributed by atoms with Crippen molar-refractivity contribution in [3.8, 4) is 0 Å². The van der Waals surface area contributed by atoms with Gasteiger partial charge in [0.2, 0.25) is 5.78 Å². The number of rotatable bonds is 23. The lowest BCUT2D eigenvalue weighted by atomic mass is 10.2. The molecule has 0 rings (SSSR count). The Kier molecular flexibility index (Phi) is 20.2. The van der Waals surface area contributed by atoms with E-state index >= 15 is 0 Å². The molecule has 0 saturated heterocycles. The molecule has 174 valence electrons. The van der Waals surface area contributed by atoms with Gasteiger partial charge in [0.1, 0.15) is 13.2 Å².